The molecule has 1 radical (unpaired) electrons. The summed E-state index contributed by atoms with van der Waals surface area (Å²) < 4.78 is 47.2. The third-order valence-electron chi connectivity index (χ3n) is 9.07. The monoisotopic (exact) mass is 898 g/mol. The molecule has 6 aromatic carbocycles. The smallest absolute Gasteiger partial charge is 0.0774 e. The molecule has 5 heteroatoms. The number of imidazole rings is 1. The van der Waals surface area contributed by atoms with E-state index in [4.69, 9.17) is 13.2 Å². The normalized spacial score (nSPS) is 12.9. The van der Waals surface area contributed by atoms with Gasteiger partial charge < -0.3 is 9.55 Å². The van der Waals surface area contributed by atoms with Crippen LogP contribution in [0.1, 0.15) is 31.8 Å². The van der Waals surface area contributed by atoms with Crippen LogP contribution in [0.15, 0.2) is 164 Å². The van der Waals surface area contributed by atoms with E-state index in [1.807, 2.05) is 0 Å². The standard InChI is InChI=1S/C36H25N2S.C13H12N.Ir/c1-24(2)27-20-21-34-30(22-27)31(23-39-34)36-37-32-18-9-10-19-33(32)38(36)35-28(25-12-5-3-6-13-25)16-11-17-29(35)26-14-7-4-8-15-26;1-10-3-6-12(7-4-10)13-8-5-11(2)9-14-13;/h3-22H,1H2,2H3;3-6,8-9H,1-2H3;/q2*-1;/i;1D3,2D3;. The molecular formula is C49H37IrN3S-2. The van der Waals surface area contributed by atoms with Crippen molar-refractivity contribution in [1.82, 2.24) is 14.5 Å². The van der Waals surface area contributed by atoms with Crippen LogP contribution < -0.4 is 0 Å². The summed E-state index contributed by atoms with van der Waals surface area (Å²) in [6, 6.07) is 53.2. The average molecular weight is 898 g/mol. The van der Waals surface area contributed by atoms with E-state index in [0.29, 0.717) is 11.3 Å². The Labute approximate surface area is 343 Å². The maximum atomic E-state index is 7.28. The van der Waals surface area contributed by atoms with E-state index in [1.165, 1.54) is 29.1 Å². The summed E-state index contributed by atoms with van der Waals surface area (Å²) in [5.74, 6) is 0.891. The SMILES string of the molecule is C=C(C)c1ccc2s[c-]c(-c3nc4ccccc4n3-c3c(-c4ccccc4)cccc3-c3ccccc3)c2c1.[2H]C([2H])([2H])c1c[c-]c(-c2ccc(C([2H])([2H])[2H])cn2)cc1.[Ir]. The first-order valence-electron chi connectivity index (χ1n) is 20.2. The fourth-order valence-corrected chi connectivity index (χ4v) is 7.27. The van der Waals surface area contributed by atoms with E-state index in [2.05, 4.69) is 156 Å². The number of aromatic nitrogens is 3. The van der Waals surface area contributed by atoms with Crippen molar-refractivity contribution < 1.29 is 28.3 Å². The number of allylic oxidation sites excluding steroid dienone is 1. The summed E-state index contributed by atoms with van der Waals surface area (Å²) in [6.45, 7) is 1.89. The first-order valence-corrected chi connectivity index (χ1v) is 18.0. The molecule has 0 atom stereocenters. The van der Waals surface area contributed by atoms with Gasteiger partial charge in [0, 0.05) is 45.7 Å². The first-order chi connectivity index (χ1) is 28.4. The summed E-state index contributed by atoms with van der Waals surface area (Å²) in [6.07, 6.45) is 1.30. The van der Waals surface area contributed by atoms with Gasteiger partial charge >= 0.3 is 0 Å². The van der Waals surface area contributed by atoms with Crippen molar-refractivity contribution in [2.24, 2.45) is 0 Å². The van der Waals surface area contributed by atoms with Gasteiger partial charge in [-0.05, 0) is 53.9 Å². The summed E-state index contributed by atoms with van der Waals surface area (Å²) in [7, 11) is 0. The number of aryl methyl sites for hydroxylation is 2. The maximum absolute atomic E-state index is 7.28. The number of rotatable bonds is 6. The van der Waals surface area contributed by atoms with Crippen molar-refractivity contribution in [2.45, 2.75) is 20.6 Å². The molecule has 0 bridgehead atoms. The van der Waals surface area contributed by atoms with Crippen molar-refractivity contribution in [3.8, 4) is 50.6 Å². The molecule has 265 valence electrons. The predicted octanol–water partition coefficient (Wildman–Crippen LogP) is 13.2. The van der Waals surface area contributed by atoms with Gasteiger partial charge in [0.2, 0.25) is 0 Å². The molecule has 0 fully saturated rings. The molecule has 3 aromatic heterocycles. The van der Waals surface area contributed by atoms with E-state index in [-0.39, 0.29) is 31.2 Å². The van der Waals surface area contributed by atoms with Crippen molar-refractivity contribution in [2.75, 3.05) is 0 Å². The van der Waals surface area contributed by atoms with Crippen molar-refractivity contribution >= 4 is 38.0 Å². The summed E-state index contributed by atoms with van der Waals surface area (Å²) in [5, 5.41) is 4.76. The maximum Gasteiger partial charge on any atom is 0.0774 e. The number of hydrogen-bond donors (Lipinski definition) is 0. The van der Waals surface area contributed by atoms with Gasteiger partial charge in [0.15, 0.2) is 0 Å². The molecule has 9 rings (SSSR count). The van der Waals surface area contributed by atoms with Crippen molar-refractivity contribution in [3.05, 3.63) is 193 Å². The quantitative estimate of drug-likeness (QED) is 0.156. The largest absolute Gasteiger partial charge is 0.332 e. The van der Waals surface area contributed by atoms with Gasteiger partial charge in [-0.1, -0.05) is 156 Å². The molecular weight excluding hydrogens is 855 g/mol. The second-order valence-electron chi connectivity index (χ2n) is 12.7. The Hall–Kier alpha value is -5.71. The third-order valence-corrected chi connectivity index (χ3v) is 9.95. The second-order valence-corrected chi connectivity index (χ2v) is 13.5. The zero-order valence-corrected chi connectivity index (χ0v) is 32.5. The Bertz CT molecular complexity index is 2810. The zero-order valence-electron chi connectivity index (χ0n) is 35.3. The first kappa shape index (κ1) is 29.7. The van der Waals surface area contributed by atoms with Crippen LogP contribution in [0.25, 0.3) is 77.3 Å². The van der Waals surface area contributed by atoms with E-state index >= 15 is 0 Å². The Morgan fingerprint density at radius 1 is 0.741 bits per heavy atom. The Balaban J connectivity index is 0.000000220. The molecule has 54 heavy (non-hydrogen) atoms. The molecule has 3 heterocycles. The molecule has 0 aliphatic rings. The fourth-order valence-electron chi connectivity index (χ4n) is 6.45. The Kier molecular flexibility index (Phi) is 8.87. The fraction of sp³-hybridized carbons (Fsp3) is 0.0612. The van der Waals surface area contributed by atoms with Crippen LogP contribution in [0.5, 0.6) is 0 Å². The zero-order chi connectivity index (χ0) is 41.3. The Morgan fingerprint density at radius 2 is 1.43 bits per heavy atom. The van der Waals surface area contributed by atoms with Crippen LogP contribution in [0, 0.1) is 25.2 Å². The number of hydrogen-bond acceptors (Lipinski definition) is 3. The number of nitrogens with zero attached hydrogens (tertiary/aromatic N) is 3. The van der Waals surface area contributed by atoms with E-state index in [0.717, 1.165) is 66.9 Å². The molecule has 0 aliphatic carbocycles. The van der Waals surface area contributed by atoms with Crippen LogP contribution in [-0.2, 0) is 20.1 Å². The van der Waals surface area contributed by atoms with Crippen LogP contribution in [0.3, 0.4) is 0 Å². The van der Waals surface area contributed by atoms with Crippen LogP contribution >= 0.6 is 11.3 Å². The van der Waals surface area contributed by atoms with Gasteiger partial charge in [-0.2, -0.15) is 0 Å². The van der Waals surface area contributed by atoms with Crippen LogP contribution in [0.2, 0.25) is 0 Å². The predicted molar refractivity (Wildman–Crippen MR) is 224 cm³/mol. The van der Waals surface area contributed by atoms with Crippen molar-refractivity contribution in [1.29, 1.82) is 0 Å². The summed E-state index contributed by atoms with van der Waals surface area (Å²) >= 11 is 1.64. The summed E-state index contributed by atoms with van der Waals surface area (Å²) in [4.78, 5) is 9.32. The van der Waals surface area contributed by atoms with Gasteiger partial charge in [0.25, 0.3) is 0 Å². The Morgan fingerprint density at radius 3 is 2.06 bits per heavy atom. The molecule has 0 saturated heterocycles. The number of fused-ring (bicyclic) bond motifs is 2. The number of para-hydroxylation sites is 3. The van der Waals surface area contributed by atoms with Gasteiger partial charge in [0.1, 0.15) is 0 Å². The molecule has 0 saturated carbocycles. The van der Waals surface area contributed by atoms with Gasteiger partial charge in [-0.25, -0.2) is 0 Å². The molecule has 9 aromatic rings. The van der Waals surface area contributed by atoms with Crippen LogP contribution in [-0.4, -0.2) is 14.5 Å². The minimum atomic E-state index is -2.18. The molecule has 0 N–H and O–H groups in total. The van der Waals surface area contributed by atoms with Crippen LogP contribution in [0.4, 0.5) is 0 Å². The molecule has 3 nitrogen and oxygen atoms in total. The van der Waals surface area contributed by atoms with Crippen molar-refractivity contribution in [3.63, 3.8) is 0 Å². The number of pyridine rings is 1. The van der Waals surface area contributed by atoms with Gasteiger partial charge in [-0.3, -0.25) is 16.3 Å². The number of benzene rings is 6. The van der Waals surface area contributed by atoms with Gasteiger partial charge in [-0.15, -0.1) is 40.8 Å². The minimum absolute atomic E-state index is 0. The minimum Gasteiger partial charge on any atom is -0.332 e. The second kappa shape index (κ2) is 16.1. The third kappa shape index (κ3) is 7.40. The molecule has 0 unspecified atom stereocenters. The van der Waals surface area contributed by atoms with E-state index in [1.54, 1.807) is 23.5 Å². The summed E-state index contributed by atoms with van der Waals surface area (Å²) in [5.41, 5.74) is 12.5. The van der Waals surface area contributed by atoms with E-state index in [9.17, 15) is 0 Å². The molecule has 0 spiro atoms. The van der Waals surface area contributed by atoms with E-state index < -0.39 is 13.7 Å². The molecule has 0 aliphatic heterocycles. The van der Waals surface area contributed by atoms with Gasteiger partial charge in [0.05, 0.1) is 22.5 Å². The topological polar surface area (TPSA) is 30.7 Å². The molecule has 0 amide bonds. The average Bonchev–Trinajstić information content (AvgIpc) is 3.85. The number of thiophene rings is 1.